The molecule has 0 atom stereocenters. The maximum absolute atomic E-state index is 5.18. The van der Waals surface area contributed by atoms with Crippen molar-refractivity contribution in [3.05, 3.63) is 30.1 Å². The molecule has 0 aliphatic heterocycles. The van der Waals surface area contributed by atoms with Crippen LogP contribution in [-0.4, -0.2) is 21.6 Å². The summed E-state index contributed by atoms with van der Waals surface area (Å²) in [4.78, 5) is 7.73. The van der Waals surface area contributed by atoms with Gasteiger partial charge in [-0.25, -0.2) is 4.98 Å². The maximum atomic E-state index is 5.18. The molecule has 0 saturated carbocycles. The van der Waals surface area contributed by atoms with Gasteiger partial charge in [0.1, 0.15) is 5.82 Å². The Labute approximate surface area is 112 Å². The Kier molecular flexibility index (Phi) is 4.52. The van der Waals surface area contributed by atoms with Gasteiger partial charge in [0, 0.05) is 6.54 Å². The van der Waals surface area contributed by atoms with E-state index in [2.05, 4.69) is 27.5 Å². The van der Waals surface area contributed by atoms with Crippen LogP contribution in [0.3, 0.4) is 0 Å². The summed E-state index contributed by atoms with van der Waals surface area (Å²) in [7, 11) is 0. The van der Waals surface area contributed by atoms with Gasteiger partial charge >= 0.3 is 0 Å². The molecule has 0 fully saturated rings. The van der Waals surface area contributed by atoms with Crippen LogP contribution in [0.1, 0.15) is 25.6 Å². The molecule has 0 radical (unpaired) electrons. The summed E-state index contributed by atoms with van der Waals surface area (Å²) < 4.78 is 0. The number of hydrogen-bond acceptors (Lipinski definition) is 2. The lowest BCUT2D eigenvalue weighted by Crippen LogP contribution is -2.35. The molecule has 1 aromatic heterocycles. The average Bonchev–Trinajstić information content (AvgIpc) is 2.79. The Morgan fingerprint density at radius 3 is 2.94 bits per heavy atom. The minimum Gasteiger partial charge on any atom is -0.363 e. The Balaban J connectivity index is 1.84. The third-order valence-corrected chi connectivity index (χ3v) is 2.96. The molecule has 2 rings (SSSR count). The fraction of sp³-hybridized carbons (Fsp3) is 0.385. The van der Waals surface area contributed by atoms with Crippen molar-refractivity contribution in [1.29, 1.82) is 0 Å². The van der Waals surface area contributed by atoms with E-state index >= 15 is 0 Å². The van der Waals surface area contributed by atoms with Crippen LogP contribution in [-0.2, 0) is 6.54 Å². The fourth-order valence-corrected chi connectivity index (χ4v) is 1.87. The smallest absolute Gasteiger partial charge is 0.166 e. The zero-order valence-corrected chi connectivity index (χ0v) is 11.3. The Morgan fingerprint density at radius 2 is 2.17 bits per heavy atom. The van der Waals surface area contributed by atoms with Gasteiger partial charge in [0.15, 0.2) is 5.11 Å². The van der Waals surface area contributed by atoms with Gasteiger partial charge < -0.3 is 15.6 Å². The molecule has 1 aromatic carbocycles. The van der Waals surface area contributed by atoms with Crippen LogP contribution in [0, 0.1) is 0 Å². The van der Waals surface area contributed by atoms with E-state index in [1.54, 1.807) is 0 Å². The van der Waals surface area contributed by atoms with Crippen LogP contribution in [0.2, 0.25) is 0 Å². The molecule has 18 heavy (non-hydrogen) atoms. The number of aromatic nitrogens is 2. The lowest BCUT2D eigenvalue weighted by Gasteiger charge is -2.08. The van der Waals surface area contributed by atoms with Crippen LogP contribution in [0.5, 0.6) is 0 Å². The predicted octanol–water partition coefficient (Wildman–Crippen LogP) is 2.33. The van der Waals surface area contributed by atoms with Gasteiger partial charge in [-0.3, -0.25) is 0 Å². The first-order valence-corrected chi connectivity index (χ1v) is 6.65. The molecule has 0 aliphatic rings. The summed E-state index contributed by atoms with van der Waals surface area (Å²) in [6.07, 6.45) is 2.30. The molecule has 2 aromatic rings. The van der Waals surface area contributed by atoms with Crippen LogP contribution in [0.4, 0.5) is 0 Å². The van der Waals surface area contributed by atoms with Gasteiger partial charge in [0.25, 0.3) is 0 Å². The Hall–Kier alpha value is -1.62. The van der Waals surface area contributed by atoms with Crippen molar-refractivity contribution >= 4 is 28.4 Å². The summed E-state index contributed by atoms with van der Waals surface area (Å²) in [5.74, 6) is 0.899. The largest absolute Gasteiger partial charge is 0.363 e. The monoisotopic (exact) mass is 262 g/mol. The predicted molar refractivity (Wildman–Crippen MR) is 78.4 cm³/mol. The van der Waals surface area contributed by atoms with Crippen molar-refractivity contribution in [2.45, 2.75) is 26.3 Å². The zero-order chi connectivity index (χ0) is 12.8. The first-order valence-electron chi connectivity index (χ1n) is 6.25. The van der Waals surface area contributed by atoms with Gasteiger partial charge in [0.2, 0.25) is 0 Å². The molecule has 0 aliphatic carbocycles. The first kappa shape index (κ1) is 12.8. The minimum atomic E-state index is 0.618. The molecule has 4 nitrogen and oxygen atoms in total. The van der Waals surface area contributed by atoms with E-state index in [0.717, 1.165) is 29.8 Å². The summed E-state index contributed by atoms with van der Waals surface area (Å²) in [6, 6.07) is 7.99. The lowest BCUT2D eigenvalue weighted by molar-refractivity contribution is 0.734. The highest BCUT2D eigenvalue weighted by Crippen LogP contribution is 2.09. The van der Waals surface area contributed by atoms with E-state index < -0.39 is 0 Å². The van der Waals surface area contributed by atoms with Crippen LogP contribution >= 0.6 is 12.2 Å². The Morgan fingerprint density at radius 1 is 1.33 bits per heavy atom. The first-order chi connectivity index (χ1) is 8.79. The number of nitrogens with zero attached hydrogens (tertiary/aromatic N) is 1. The van der Waals surface area contributed by atoms with E-state index in [0.29, 0.717) is 11.7 Å². The number of unbranched alkanes of at least 4 members (excludes halogenated alkanes) is 1. The van der Waals surface area contributed by atoms with E-state index in [4.69, 9.17) is 12.2 Å². The molecular formula is C13H18N4S. The molecule has 5 heteroatoms. The highest BCUT2D eigenvalue weighted by molar-refractivity contribution is 7.80. The molecule has 3 N–H and O–H groups in total. The molecule has 0 saturated heterocycles. The molecule has 0 bridgehead atoms. The van der Waals surface area contributed by atoms with Crippen molar-refractivity contribution in [3.8, 4) is 0 Å². The molecule has 96 valence electrons. The summed E-state index contributed by atoms with van der Waals surface area (Å²) in [5, 5.41) is 7.00. The number of rotatable bonds is 5. The second-order valence-corrected chi connectivity index (χ2v) is 4.57. The normalized spacial score (nSPS) is 10.5. The van der Waals surface area contributed by atoms with Crippen LogP contribution < -0.4 is 10.6 Å². The zero-order valence-electron chi connectivity index (χ0n) is 10.5. The van der Waals surface area contributed by atoms with Gasteiger partial charge in [-0.15, -0.1) is 0 Å². The Bertz CT molecular complexity index is 487. The molecule has 0 unspecified atom stereocenters. The number of thiocarbonyl (C=S) groups is 1. The molecule has 0 amide bonds. The highest BCUT2D eigenvalue weighted by Gasteiger charge is 2.02. The van der Waals surface area contributed by atoms with Crippen molar-refractivity contribution < 1.29 is 0 Å². The van der Waals surface area contributed by atoms with Gasteiger partial charge in [-0.1, -0.05) is 25.5 Å². The number of aromatic amines is 1. The standard InChI is InChI=1S/C13H18N4S/c1-2-3-8-14-13(18)15-9-12-16-10-6-4-5-7-11(10)17-12/h4-7H,2-3,8-9H2,1H3,(H,16,17)(H2,14,15,18). The van der Waals surface area contributed by atoms with Crippen molar-refractivity contribution in [1.82, 2.24) is 20.6 Å². The van der Waals surface area contributed by atoms with Gasteiger partial charge in [-0.2, -0.15) is 0 Å². The molecule has 0 spiro atoms. The number of benzene rings is 1. The third kappa shape index (κ3) is 3.43. The summed E-state index contributed by atoms with van der Waals surface area (Å²) >= 11 is 5.18. The number of para-hydroxylation sites is 2. The molecular weight excluding hydrogens is 244 g/mol. The second kappa shape index (κ2) is 6.35. The quantitative estimate of drug-likeness (QED) is 0.572. The van der Waals surface area contributed by atoms with Crippen molar-refractivity contribution in [2.24, 2.45) is 0 Å². The summed E-state index contributed by atoms with van der Waals surface area (Å²) in [5.41, 5.74) is 2.04. The van der Waals surface area contributed by atoms with E-state index in [-0.39, 0.29) is 0 Å². The number of fused-ring (bicyclic) bond motifs is 1. The molecule has 1 heterocycles. The van der Waals surface area contributed by atoms with E-state index in [9.17, 15) is 0 Å². The topological polar surface area (TPSA) is 52.7 Å². The number of nitrogens with one attached hydrogen (secondary N) is 3. The van der Waals surface area contributed by atoms with Crippen LogP contribution in [0.15, 0.2) is 24.3 Å². The van der Waals surface area contributed by atoms with E-state index in [1.807, 2.05) is 24.3 Å². The van der Waals surface area contributed by atoms with E-state index in [1.165, 1.54) is 6.42 Å². The second-order valence-electron chi connectivity index (χ2n) is 4.16. The SMILES string of the molecule is CCCCNC(=S)NCc1nc2ccccc2[nH]1. The average molecular weight is 262 g/mol. The number of hydrogen-bond donors (Lipinski definition) is 3. The minimum absolute atomic E-state index is 0.618. The number of imidazole rings is 1. The van der Waals surface area contributed by atoms with Crippen molar-refractivity contribution in [2.75, 3.05) is 6.54 Å². The maximum Gasteiger partial charge on any atom is 0.166 e. The van der Waals surface area contributed by atoms with Crippen LogP contribution in [0.25, 0.3) is 11.0 Å². The van der Waals surface area contributed by atoms with Gasteiger partial charge in [0.05, 0.1) is 17.6 Å². The van der Waals surface area contributed by atoms with Gasteiger partial charge in [-0.05, 0) is 30.8 Å². The highest BCUT2D eigenvalue weighted by atomic mass is 32.1. The fourth-order valence-electron chi connectivity index (χ4n) is 1.69. The lowest BCUT2D eigenvalue weighted by atomic mass is 10.3. The number of H-pyrrole nitrogens is 1. The summed E-state index contributed by atoms with van der Waals surface area (Å²) in [6.45, 7) is 3.70. The third-order valence-electron chi connectivity index (χ3n) is 2.67. The van der Waals surface area contributed by atoms with Crippen molar-refractivity contribution in [3.63, 3.8) is 0 Å².